The predicted molar refractivity (Wildman–Crippen MR) is 59.1 cm³/mol. The highest BCUT2D eigenvalue weighted by molar-refractivity contribution is 5.75. The average molecular weight is 228 g/mol. The quantitative estimate of drug-likeness (QED) is 0.671. The maximum Gasteiger partial charge on any atom is 0.317 e. The summed E-state index contributed by atoms with van der Waals surface area (Å²) >= 11 is 0. The zero-order chi connectivity index (χ0) is 11.8. The first kappa shape index (κ1) is 11.7. The zero-order valence-electron chi connectivity index (χ0n) is 10.2. The van der Waals surface area contributed by atoms with Gasteiger partial charge in [-0.3, -0.25) is 0 Å². The van der Waals surface area contributed by atoms with Crippen LogP contribution in [0.1, 0.15) is 27.2 Å². The molecule has 92 valence electrons. The van der Waals surface area contributed by atoms with Crippen molar-refractivity contribution in [2.24, 2.45) is 0 Å². The molecule has 2 saturated heterocycles. The molecule has 16 heavy (non-hydrogen) atoms. The number of rotatable bonds is 0. The fraction of sp³-hybridized carbons (Fsp3) is 0.909. The van der Waals surface area contributed by atoms with Crippen molar-refractivity contribution < 1.29 is 14.3 Å². The SMILES string of the molecule is CC(C)(C)NC(=O)N1CCC2(C1)OCCO2. The van der Waals surface area contributed by atoms with Crippen LogP contribution in [0.2, 0.25) is 0 Å². The normalized spacial score (nSPS) is 24.1. The number of carbonyl (C=O) groups excluding carboxylic acids is 1. The number of ether oxygens (including phenoxy) is 2. The highest BCUT2D eigenvalue weighted by Gasteiger charge is 2.45. The summed E-state index contributed by atoms with van der Waals surface area (Å²) < 4.78 is 11.1. The monoisotopic (exact) mass is 228 g/mol. The Bertz CT molecular complexity index is 279. The summed E-state index contributed by atoms with van der Waals surface area (Å²) in [4.78, 5) is 13.7. The first-order valence-corrected chi connectivity index (χ1v) is 5.75. The minimum atomic E-state index is -0.519. The van der Waals surface area contributed by atoms with Gasteiger partial charge in [0, 0.05) is 18.5 Å². The Kier molecular flexibility index (Phi) is 2.84. The standard InChI is InChI=1S/C11H20N2O3/c1-10(2,3)12-9(14)13-5-4-11(8-13)15-6-7-16-11/h4-8H2,1-3H3,(H,12,14). The maximum absolute atomic E-state index is 11.9. The van der Waals surface area contributed by atoms with Crippen molar-refractivity contribution >= 4 is 6.03 Å². The number of nitrogens with zero attached hydrogens (tertiary/aromatic N) is 1. The smallest absolute Gasteiger partial charge is 0.317 e. The van der Waals surface area contributed by atoms with Crippen molar-refractivity contribution in [1.29, 1.82) is 0 Å². The summed E-state index contributed by atoms with van der Waals surface area (Å²) in [7, 11) is 0. The lowest BCUT2D eigenvalue weighted by Crippen LogP contribution is -2.49. The van der Waals surface area contributed by atoms with Crippen molar-refractivity contribution in [3.8, 4) is 0 Å². The first-order valence-electron chi connectivity index (χ1n) is 5.75. The van der Waals surface area contributed by atoms with E-state index in [0.717, 1.165) is 6.42 Å². The van der Waals surface area contributed by atoms with Gasteiger partial charge in [-0.05, 0) is 20.8 Å². The number of urea groups is 1. The van der Waals surface area contributed by atoms with E-state index in [2.05, 4.69) is 5.32 Å². The molecule has 5 nitrogen and oxygen atoms in total. The van der Waals surface area contributed by atoms with Gasteiger partial charge in [0.15, 0.2) is 5.79 Å². The lowest BCUT2D eigenvalue weighted by atomic mass is 10.1. The van der Waals surface area contributed by atoms with Crippen LogP contribution in [0.5, 0.6) is 0 Å². The predicted octanol–water partition coefficient (Wildman–Crippen LogP) is 0.943. The molecule has 2 fully saturated rings. The molecule has 2 heterocycles. The molecule has 2 rings (SSSR count). The zero-order valence-corrected chi connectivity index (χ0v) is 10.2. The molecule has 1 N–H and O–H groups in total. The van der Waals surface area contributed by atoms with Crippen LogP contribution >= 0.6 is 0 Å². The van der Waals surface area contributed by atoms with E-state index in [1.54, 1.807) is 4.90 Å². The molecule has 2 aliphatic rings. The van der Waals surface area contributed by atoms with Crippen LogP contribution in [0.25, 0.3) is 0 Å². The van der Waals surface area contributed by atoms with Crippen molar-refractivity contribution in [3.63, 3.8) is 0 Å². The molecule has 1 spiro atoms. The molecule has 0 radical (unpaired) electrons. The van der Waals surface area contributed by atoms with E-state index < -0.39 is 5.79 Å². The number of hydrogen-bond acceptors (Lipinski definition) is 3. The van der Waals surface area contributed by atoms with Crippen LogP contribution in [0.4, 0.5) is 4.79 Å². The van der Waals surface area contributed by atoms with Crippen molar-refractivity contribution in [1.82, 2.24) is 10.2 Å². The molecule has 0 atom stereocenters. The largest absolute Gasteiger partial charge is 0.346 e. The van der Waals surface area contributed by atoms with Gasteiger partial charge in [0.25, 0.3) is 0 Å². The molecule has 0 bridgehead atoms. The van der Waals surface area contributed by atoms with Crippen molar-refractivity contribution in [2.75, 3.05) is 26.3 Å². The molecule has 5 heteroatoms. The molecule has 0 aliphatic carbocycles. The minimum Gasteiger partial charge on any atom is -0.346 e. The van der Waals surface area contributed by atoms with Gasteiger partial charge in [0.1, 0.15) is 0 Å². The third-order valence-corrected chi connectivity index (χ3v) is 2.78. The minimum absolute atomic E-state index is 0.0384. The Labute approximate surface area is 96.1 Å². The lowest BCUT2D eigenvalue weighted by Gasteiger charge is -2.26. The second-order valence-corrected chi connectivity index (χ2v) is 5.46. The Morgan fingerprint density at radius 2 is 1.94 bits per heavy atom. The molecule has 2 aliphatic heterocycles. The van der Waals surface area contributed by atoms with E-state index in [-0.39, 0.29) is 11.6 Å². The third kappa shape index (κ3) is 2.47. The van der Waals surface area contributed by atoms with Crippen LogP contribution in [0, 0.1) is 0 Å². The van der Waals surface area contributed by atoms with Crippen LogP contribution in [0.3, 0.4) is 0 Å². The van der Waals surface area contributed by atoms with E-state index >= 15 is 0 Å². The number of nitrogens with one attached hydrogen (secondary N) is 1. The number of carbonyl (C=O) groups is 1. The summed E-state index contributed by atoms with van der Waals surface area (Å²) in [5.74, 6) is -0.519. The lowest BCUT2D eigenvalue weighted by molar-refractivity contribution is -0.143. The summed E-state index contributed by atoms with van der Waals surface area (Å²) in [6.07, 6.45) is 0.768. The summed E-state index contributed by atoms with van der Waals surface area (Å²) in [6, 6.07) is -0.0384. The molecular weight excluding hydrogens is 208 g/mol. The van der Waals surface area contributed by atoms with Gasteiger partial charge < -0.3 is 19.7 Å². The Balaban J connectivity index is 1.91. The fourth-order valence-electron chi connectivity index (χ4n) is 2.06. The van der Waals surface area contributed by atoms with Crippen LogP contribution < -0.4 is 5.32 Å². The van der Waals surface area contributed by atoms with Crippen LogP contribution in [-0.2, 0) is 9.47 Å². The maximum atomic E-state index is 11.9. The molecule has 0 saturated carbocycles. The van der Waals surface area contributed by atoms with Crippen molar-refractivity contribution in [3.05, 3.63) is 0 Å². The summed E-state index contributed by atoms with van der Waals surface area (Å²) in [6.45, 7) is 8.41. The van der Waals surface area contributed by atoms with Crippen LogP contribution in [-0.4, -0.2) is 48.6 Å². The average Bonchev–Trinajstić information content (AvgIpc) is 2.74. The third-order valence-electron chi connectivity index (χ3n) is 2.78. The van der Waals surface area contributed by atoms with Crippen molar-refractivity contribution in [2.45, 2.75) is 38.5 Å². The second kappa shape index (κ2) is 3.89. The number of amides is 2. The van der Waals surface area contributed by atoms with Gasteiger partial charge in [0.05, 0.1) is 19.8 Å². The van der Waals surface area contributed by atoms with Gasteiger partial charge in [-0.25, -0.2) is 4.79 Å². The highest BCUT2D eigenvalue weighted by Crippen LogP contribution is 2.30. The molecule has 0 unspecified atom stereocenters. The molecular formula is C11H20N2O3. The topological polar surface area (TPSA) is 50.8 Å². The van der Waals surface area contributed by atoms with Gasteiger partial charge >= 0.3 is 6.03 Å². The van der Waals surface area contributed by atoms with Gasteiger partial charge in [-0.15, -0.1) is 0 Å². The van der Waals surface area contributed by atoms with Gasteiger partial charge in [-0.2, -0.15) is 0 Å². The van der Waals surface area contributed by atoms with E-state index in [4.69, 9.17) is 9.47 Å². The Hall–Kier alpha value is -0.810. The van der Waals surface area contributed by atoms with Crippen LogP contribution in [0.15, 0.2) is 0 Å². The van der Waals surface area contributed by atoms with E-state index in [1.807, 2.05) is 20.8 Å². The fourth-order valence-corrected chi connectivity index (χ4v) is 2.06. The molecule has 0 aromatic carbocycles. The first-order chi connectivity index (χ1) is 7.40. The van der Waals surface area contributed by atoms with E-state index in [9.17, 15) is 4.79 Å². The Morgan fingerprint density at radius 1 is 1.31 bits per heavy atom. The summed E-state index contributed by atoms with van der Waals surface area (Å²) in [5.41, 5.74) is -0.204. The Morgan fingerprint density at radius 3 is 2.50 bits per heavy atom. The molecule has 0 aromatic rings. The summed E-state index contributed by atoms with van der Waals surface area (Å²) in [5, 5.41) is 2.94. The van der Waals surface area contributed by atoms with Gasteiger partial charge in [-0.1, -0.05) is 0 Å². The van der Waals surface area contributed by atoms with E-state index in [0.29, 0.717) is 26.3 Å². The number of likely N-dealkylation sites (tertiary alicyclic amines) is 1. The molecule has 2 amide bonds. The highest BCUT2D eigenvalue weighted by atomic mass is 16.7. The second-order valence-electron chi connectivity index (χ2n) is 5.46. The van der Waals surface area contributed by atoms with Gasteiger partial charge in [0.2, 0.25) is 0 Å². The molecule has 0 aromatic heterocycles. The number of hydrogen-bond donors (Lipinski definition) is 1. The van der Waals surface area contributed by atoms with E-state index in [1.165, 1.54) is 0 Å².